The largest absolute Gasteiger partial charge is 0.399 e. The first-order chi connectivity index (χ1) is 12.7. The Morgan fingerprint density at radius 1 is 1.04 bits per heavy atom. The summed E-state index contributed by atoms with van der Waals surface area (Å²) in [6.45, 7) is 1.62. The van der Waals surface area contributed by atoms with Gasteiger partial charge in [0.2, 0.25) is 0 Å². The number of nitrogens with one attached hydrogen (secondary N) is 1. The van der Waals surface area contributed by atoms with Gasteiger partial charge in [0.05, 0.1) is 16.3 Å². The van der Waals surface area contributed by atoms with Gasteiger partial charge in [0.15, 0.2) is 0 Å². The SMILES string of the molecule is Cc1c(NC(=O)S(=O)(=O)c2ccc(N)cc2)c(=O)n(-c2ccccc2)n1C. The maximum absolute atomic E-state index is 12.8. The van der Waals surface area contributed by atoms with Gasteiger partial charge in [-0.1, -0.05) is 18.2 Å². The highest BCUT2D eigenvalue weighted by molar-refractivity contribution is 8.06. The van der Waals surface area contributed by atoms with Crippen LogP contribution in [0, 0.1) is 6.92 Å². The number of hydrogen-bond acceptors (Lipinski definition) is 5. The molecule has 0 saturated carbocycles. The maximum atomic E-state index is 12.8. The Bertz CT molecular complexity index is 1160. The Kier molecular flexibility index (Phi) is 4.63. The Labute approximate surface area is 155 Å². The van der Waals surface area contributed by atoms with Gasteiger partial charge in [0.1, 0.15) is 5.69 Å². The van der Waals surface area contributed by atoms with Crippen molar-refractivity contribution in [3.63, 3.8) is 0 Å². The minimum absolute atomic E-state index is 0.0922. The molecular formula is C18H18N4O4S. The number of hydrogen-bond donors (Lipinski definition) is 2. The highest BCUT2D eigenvalue weighted by Crippen LogP contribution is 2.18. The van der Waals surface area contributed by atoms with Crippen molar-refractivity contribution in [1.29, 1.82) is 0 Å². The third-order valence-corrected chi connectivity index (χ3v) is 5.70. The third-order valence-electron chi connectivity index (χ3n) is 4.22. The Hall–Kier alpha value is -3.33. The summed E-state index contributed by atoms with van der Waals surface area (Å²) in [5.41, 5.74) is 6.31. The zero-order valence-corrected chi connectivity index (χ0v) is 15.5. The molecule has 0 atom stereocenters. The van der Waals surface area contributed by atoms with Crippen molar-refractivity contribution >= 4 is 26.5 Å². The van der Waals surface area contributed by atoms with Gasteiger partial charge >= 0.3 is 5.24 Å². The minimum Gasteiger partial charge on any atom is -0.399 e. The molecule has 140 valence electrons. The van der Waals surface area contributed by atoms with Crippen molar-refractivity contribution in [1.82, 2.24) is 9.36 Å². The second kappa shape index (κ2) is 6.76. The summed E-state index contributed by atoms with van der Waals surface area (Å²) in [5, 5.41) is 0.971. The first kappa shape index (κ1) is 18.5. The zero-order chi connectivity index (χ0) is 19.8. The molecule has 0 saturated heterocycles. The number of benzene rings is 2. The van der Waals surface area contributed by atoms with Crippen LogP contribution in [0.2, 0.25) is 0 Å². The van der Waals surface area contributed by atoms with Gasteiger partial charge in [0, 0.05) is 12.7 Å². The summed E-state index contributed by atoms with van der Waals surface area (Å²) < 4.78 is 27.8. The van der Waals surface area contributed by atoms with Gasteiger partial charge in [-0.3, -0.25) is 14.3 Å². The summed E-state index contributed by atoms with van der Waals surface area (Å²) in [6.07, 6.45) is 0. The molecule has 3 N–H and O–H groups in total. The smallest absolute Gasteiger partial charge is 0.345 e. The molecule has 0 bridgehead atoms. The molecule has 0 aliphatic rings. The molecule has 0 aliphatic heterocycles. The van der Waals surface area contributed by atoms with Crippen LogP contribution in [-0.2, 0) is 16.9 Å². The molecule has 8 nitrogen and oxygen atoms in total. The number of sulfone groups is 1. The van der Waals surface area contributed by atoms with Crippen molar-refractivity contribution in [3.05, 3.63) is 70.6 Å². The summed E-state index contributed by atoms with van der Waals surface area (Å²) in [6, 6.07) is 14.1. The molecule has 3 aromatic rings. The average molecular weight is 386 g/mol. The summed E-state index contributed by atoms with van der Waals surface area (Å²) in [5.74, 6) is 0. The van der Waals surface area contributed by atoms with E-state index in [1.54, 1.807) is 42.9 Å². The van der Waals surface area contributed by atoms with Gasteiger partial charge in [-0.15, -0.1) is 0 Å². The van der Waals surface area contributed by atoms with Gasteiger partial charge < -0.3 is 11.1 Å². The first-order valence-electron chi connectivity index (χ1n) is 7.99. The fourth-order valence-electron chi connectivity index (χ4n) is 2.64. The van der Waals surface area contributed by atoms with E-state index in [2.05, 4.69) is 5.32 Å². The number of amides is 1. The van der Waals surface area contributed by atoms with E-state index in [0.29, 0.717) is 17.1 Å². The van der Waals surface area contributed by atoms with Crippen LogP contribution in [0.15, 0.2) is 64.3 Å². The predicted octanol–water partition coefficient (Wildman–Crippen LogP) is 2.07. The molecule has 1 heterocycles. The van der Waals surface area contributed by atoms with Crippen LogP contribution in [0.5, 0.6) is 0 Å². The number of para-hydroxylation sites is 1. The summed E-state index contributed by atoms with van der Waals surface area (Å²) in [7, 11) is -2.67. The van der Waals surface area contributed by atoms with Crippen molar-refractivity contribution in [2.24, 2.45) is 7.05 Å². The van der Waals surface area contributed by atoms with Crippen LogP contribution in [-0.4, -0.2) is 23.0 Å². The quantitative estimate of drug-likeness (QED) is 0.669. The first-order valence-corrected chi connectivity index (χ1v) is 9.47. The van der Waals surface area contributed by atoms with Gasteiger partial charge in [-0.05, 0) is 43.3 Å². The lowest BCUT2D eigenvalue weighted by molar-refractivity contribution is 0.267. The average Bonchev–Trinajstić information content (AvgIpc) is 2.86. The number of nitrogens with two attached hydrogens (primary N) is 1. The standard InChI is InChI=1S/C18H18N4O4S/c1-12-16(17(23)22(21(12)2)14-6-4-3-5-7-14)20-18(24)27(25,26)15-10-8-13(19)9-11-15/h3-11H,19H2,1-2H3,(H,20,24). The van der Waals surface area contributed by atoms with E-state index in [4.69, 9.17) is 5.73 Å². The molecule has 1 amide bonds. The lowest BCUT2D eigenvalue weighted by Crippen LogP contribution is -2.26. The number of nitrogen functional groups attached to an aromatic ring is 1. The number of carbonyl (C=O) groups excluding carboxylic acids is 1. The highest BCUT2D eigenvalue weighted by atomic mass is 32.2. The van der Waals surface area contributed by atoms with E-state index >= 15 is 0 Å². The van der Waals surface area contributed by atoms with Gasteiger partial charge in [0.25, 0.3) is 15.4 Å². The second-order valence-corrected chi connectivity index (χ2v) is 7.77. The van der Waals surface area contributed by atoms with Crippen LogP contribution in [0.25, 0.3) is 5.69 Å². The fraction of sp³-hybridized carbons (Fsp3) is 0.111. The number of anilines is 2. The van der Waals surface area contributed by atoms with Crippen LogP contribution in [0.1, 0.15) is 5.69 Å². The predicted molar refractivity (Wildman–Crippen MR) is 103 cm³/mol. The second-order valence-electron chi connectivity index (χ2n) is 5.92. The molecule has 0 radical (unpaired) electrons. The van der Waals surface area contributed by atoms with Crippen LogP contribution in [0.4, 0.5) is 16.2 Å². The molecule has 9 heteroatoms. The molecule has 0 spiro atoms. The highest BCUT2D eigenvalue weighted by Gasteiger charge is 2.28. The van der Waals surface area contributed by atoms with E-state index in [-0.39, 0.29) is 10.6 Å². The Morgan fingerprint density at radius 3 is 2.22 bits per heavy atom. The molecule has 0 aliphatic carbocycles. The number of rotatable bonds is 3. The van der Waals surface area contributed by atoms with Crippen molar-refractivity contribution < 1.29 is 13.2 Å². The summed E-state index contributed by atoms with van der Waals surface area (Å²) in [4.78, 5) is 25.0. The number of carbonyl (C=O) groups is 1. The Morgan fingerprint density at radius 2 is 1.63 bits per heavy atom. The van der Waals surface area contributed by atoms with E-state index in [9.17, 15) is 18.0 Å². The maximum Gasteiger partial charge on any atom is 0.345 e. The van der Waals surface area contributed by atoms with Gasteiger partial charge in [-0.25, -0.2) is 13.1 Å². The zero-order valence-electron chi connectivity index (χ0n) is 14.7. The normalized spacial score (nSPS) is 11.3. The van der Waals surface area contributed by atoms with Crippen molar-refractivity contribution in [2.75, 3.05) is 11.1 Å². The fourth-order valence-corrected chi connectivity index (χ4v) is 3.58. The Balaban J connectivity index is 2.00. The van der Waals surface area contributed by atoms with E-state index in [0.717, 1.165) is 0 Å². The van der Waals surface area contributed by atoms with Crippen molar-refractivity contribution in [3.8, 4) is 5.69 Å². The number of aromatic nitrogens is 2. The van der Waals surface area contributed by atoms with Crippen LogP contribution >= 0.6 is 0 Å². The molecule has 0 fully saturated rings. The molecule has 27 heavy (non-hydrogen) atoms. The molecule has 1 aromatic heterocycles. The lowest BCUT2D eigenvalue weighted by Gasteiger charge is -2.07. The minimum atomic E-state index is -4.32. The van der Waals surface area contributed by atoms with E-state index in [1.165, 1.54) is 28.9 Å². The monoisotopic (exact) mass is 386 g/mol. The van der Waals surface area contributed by atoms with Gasteiger partial charge in [-0.2, -0.15) is 0 Å². The number of nitrogens with zero attached hydrogens (tertiary/aromatic N) is 2. The van der Waals surface area contributed by atoms with Crippen molar-refractivity contribution in [2.45, 2.75) is 11.8 Å². The molecule has 2 aromatic carbocycles. The molecule has 3 rings (SSSR count). The third kappa shape index (κ3) is 3.24. The lowest BCUT2D eigenvalue weighted by atomic mass is 10.3. The van der Waals surface area contributed by atoms with Crippen LogP contribution in [0.3, 0.4) is 0 Å². The summed E-state index contributed by atoms with van der Waals surface area (Å²) >= 11 is 0. The molecule has 0 unspecified atom stereocenters. The van der Waals surface area contributed by atoms with Crippen LogP contribution < -0.4 is 16.6 Å². The molecular weight excluding hydrogens is 368 g/mol. The topological polar surface area (TPSA) is 116 Å². The van der Waals surface area contributed by atoms with E-state index in [1.807, 2.05) is 6.07 Å². The van der Waals surface area contributed by atoms with E-state index < -0.39 is 20.6 Å².